The van der Waals surface area contributed by atoms with Crippen LogP contribution in [0.3, 0.4) is 0 Å². The van der Waals surface area contributed by atoms with Crippen molar-refractivity contribution in [1.29, 1.82) is 0 Å². The van der Waals surface area contributed by atoms with Crippen molar-refractivity contribution in [2.24, 2.45) is 5.73 Å². The van der Waals surface area contributed by atoms with E-state index in [0.717, 1.165) is 32.5 Å². The van der Waals surface area contributed by atoms with E-state index >= 15 is 0 Å². The van der Waals surface area contributed by atoms with Gasteiger partial charge in [-0.05, 0) is 25.9 Å². The van der Waals surface area contributed by atoms with Crippen LogP contribution >= 0.6 is 24.8 Å². The maximum Gasteiger partial charge on any atom is 0.306 e. The number of carbonyl (C=O) groups excluding carboxylic acids is 1. The summed E-state index contributed by atoms with van der Waals surface area (Å²) >= 11 is 0. The monoisotopic (exact) mass is 258 g/mol. The Hall–Kier alpha value is -0.0300. The fourth-order valence-corrected chi connectivity index (χ4v) is 1.53. The van der Waals surface area contributed by atoms with E-state index in [1.165, 1.54) is 7.11 Å². The summed E-state index contributed by atoms with van der Waals surface area (Å²) < 4.78 is 4.57. The van der Waals surface area contributed by atoms with Crippen LogP contribution in [0.25, 0.3) is 0 Å². The Kier molecular flexibility index (Phi) is 10.7. The molecule has 92 valence electrons. The zero-order valence-electron chi connectivity index (χ0n) is 8.98. The normalized spacial score (nSPS) is 17.5. The molecule has 1 aliphatic rings. The lowest BCUT2D eigenvalue weighted by atomic mass is 10.1. The van der Waals surface area contributed by atoms with E-state index in [4.69, 9.17) is 5.73 Å². The van der Waals surface area contributed by atoms with Crippen LogP contribution in [0, 0.1) is 0 Å². The maximum atomic E-state index is 10.8. The van der Waals surface area contributed by atoms with Gasteiger partial charge >= 0.3 is 5.97 Å². The van der Waals surface area contributed by atoms with Crippen LogP contribution in [0.5, 0.6) is 0 Å². The smallest absolute Gasteiger partial charge is 0.306 e. The summed E-state index contributed by atoms with van der Waals surface area (Å²) in [4.78, 5) is 13.1. The molecule has 6 heteroatoms. The molecule has 0 atom stereocenters. The molecule has 2 N–H and O–H groups in total. The molecular formula is C9H20Cl2N2O2. The molecule has 0 aliphatic carbocycles. The predicted octanol–water partition coefficient (Wildman–Crippen LogP) is 0.816. The number of nitrogens with two attached hydrogens (primary N) is 1. The number of esters is 1. The molecule has 1 heterocycles. The fourth-order valence-electron chi connectivity index (χ4n) is 1.53. The molecule has 0 spiro atoms. The topological polar surface area (TPSA) is 55.6 Å². The quantitative estimate of drug-likeness (QED) is 0.762. The van der Waals surface area contributed by atoms with Crippen molar-refractivity contribution in [3.05, 3.63) is 0 Å². The lowest BCUT2D eigenvalue weighted by molar-refractivity contribution is -0.141. The molecule has 15 heavy (non-hydrogen) atoms. The first-order chi connectivity index (χ1) is 6.22. The number of halogens is 2. The number of ether oxygens (including phenoxy) is 1. The van der Waals surface area contributed by atoms with Crippen molar-refractivity contribution in [2.45, 2.75) is 25.3 Å². The number of rotatable bonds is 3. The highest BCUT2D eigenvalue weighted by Gasteiger charge is 2.16. The molecule has 0 saturated carbocycles. The third-order valence-corrected chi connectivity index (χ3v) is 2.49. The summed E-state index contributed by atoms with van der Waals surface area (Å²) in [6.07, 6.45) is 2.58. The van der Waals surface area contributed by atoms with E-state index in [2.05, 4.69) is 9.64 Å². The second kappa shape index (κ2) is 9.21. The zero-order chi connectivity index (χ0) is 9.68. The van der Waals surface area contributed by atoms with Crippen molar-refractivity contribution in [3.8, 4) is 0 Å². The van der Waals surface area contributed by atoms with Gasteiger partial charge in [0.25, 0.3) is 0 Å². The Morgan fingerprint density at radius 3 is 2.40 bits per heavy atom. The fraction of sp³-hybridized carbons (Fsp3) is 0.889. The van der Waals surface area contributed by atoms with Gasteiger partial charge in [0.05, 0.1) is 13.5 Å². The Bertz CT molecular complexity index is 173. The minimum atomic E-state index is -0.130. The Morgan fingerprint density at radius 2 is 1.93 bits per heavy atom. The number of hydrogen-bond acceptors (Lipinski definition) is 4. The van der Waals surface area contributed by atoms with E-state index in [0.29, 0.717) is 12.5 Å². The number of piperidine rings is 1. The SMILES string of the molecule is COC(=O)CCN1CCC(N)CC1.Cl.Cl. The molecule has 1 rings (SSSR count). The van der Waals surface area contributed by atoms with Gasteiger partial charge in [-0.3, -0.25) is 4.79 Å². The lowest BCUT2D eigenvalue weighted by Gasteiger charge is -2.29. The molecular weight excluding hydrogens is 239 g/mol. The second-order valence-corrected chi connectivity index (χ2v) is 3.51. The number of hydrogen-bond donors (Lipinski definition) is 1. The van der Waals surface area contributed by atoms with Gasteiger partial charge in [0.15, 0.2) is 0 Å². The molecule has 1 fully saturated rings. The Morgan fingerprint density at radius 1 is 1.40 bits per heavy atom. The van der Waals surface area contributed by atoms with Crippen molar-refractivity contribution in [2.75, 3.05) is 26.7 Å². The molecule has 0 aromatic carbocycles. The van der Waals surface area contributed by atoms with Crippen LogP contribution in [0.2, 0.25) is 0 Å². The van der Waals surface area contributed by atoms with E-state index in [1.54, 1.807) is 0 Å². The molecule has 0 aromatic rings. The highest BCUT2D eigenvalue weighted by Crippen LogP contribution is 2.08. The first-order valence-electron chi connectivity index (χ1n) is 4.77. The van der Waals surface area contributed by atoms with E-state index in [9.17, 15) is 4.79 Å². The van der Waals surface area contributed by atoms with Crippen LogP contribution in [0.15, 0.2) is 0 Å². The van der Waals surface area contributed by atoms with Crippen molar-refractivity contribution in [1.82, 2.24) is 4.90 Å². The van der Waals surface area contributed by atoms with Crippen LogP contribution in [-0.4, -0.2) is 43.7 Å². The minimum absolute atomic E-state index is 0. The second-order valence-electron chi connectivity index (χ2n) is 3.51. The molecule has 0 amide bonds. The van der Waals surface area contributed by atoms with Gasteiger partial charge in [-0.25, -0.2) is 0 Å². The average Bonchev–Trinajstić information content (AvgIpc) is 2.16. The van der Waals surface area contributed by atoms with Crippen LogP contribution < -0.4 is 5.73 Å². The Labute approximate surface area is 103 Å². The number of likely N-dealkylation sites (tertiary alicyclic amines) is 1. The molecule has 0 aromatic heterocycles. The predicted molar refractivity (Wildman–Crippen MR) is 64.8 cm³/mol. The highest BCUT2D eigenvalue weighted by molar-refractivity contribution is 5.85. The molecule has 1 saturated heterocycles. The summed E-state index contributed by atoms with van der Waals surface area (Å²) in [6, 6.07) is 0.356. The van der Waals surface area contributed by atoms with Gasteiger partial charge < -0.3 is 15.4 Å². The third-order valence-electron chi connectivity index (χ3n) is 2.49. The van der Waals surface area contributed by atoms with E-state index in [1.807, 2.05) is 0 Å². The summed E-state index contributed by atoms with van der Waals surface area (Å²) in [6.45, 7) is 2.83. The van der Waals surface area contributed by atoms with Crippen LogP contribution in [-0.2, 0) is 9.53 Å². The summed E-state index contributed by atoms with van der Waals surface area (Å²) in [5, 5.41) is 0. The van der Waals surface area contributed by atoms with E-state index < -0.39 is 0 Å². The standard InChI is InChI=1S/C9H18N2O2.2ClH/c1-13-9(12)4-7-11-5-2-8(10)3-6-11;;/h8H,2-7,10H2,1H3;2*1H. The number of carbonyl (C=O) groups is 1. The van der Waals surface area contributed by atoms with Gasteiger partial charge in [-0.2, -0.15) is 0 Å². The number of nitrogens with zero attached hydrogens (tertiary/aromatic N) is 1. The van der Waals surface area contributed by atoms with Crippen LogP contribution in [0.1, 0.15) is 19.3 Å². The largest absolute Gasteiger partial charge is 0.469 e. The lowest BCUT2D eigenvalue weighted by Crippen LogP contribution is -2.40. The zero-order valence-corrected chi connectivity index (χ0v) is 10.6. The minimum Gasteiger partial charge on any atom is -0.469 e. The molecule has 0 radical (unpaired) electrons. The molecule has 4 nitrogen and oxygen atoms in total. The average molecular weight is 259 g/mol. The summed E-state index contributed by atoms with van der Waals surface area (Å²) in [5.41, 5.74) is 5.76. The summed E-state index contributed by atoms with van der Waals surface area (Å²) in [5.74, 6) is -0.130. The van der Waals surface area contributed by atoms with Gasteiger partial charge in [-0.15, -0.1) is 24.8 Å². The molecule has 1 aliphatic heterocycles. The summed E-state index contributed by atoms with van der Waals surface area (Å²) in [7, 11) is 1.43. The third kappa shape index (κ3) is 6.95. The van der Waals surface area contributed by atoms with Gasteiger partial charge in [0.1, 0.15) is 0 Å². The number of methoxy groups -OCH3 is 1. The van der Waals surface area contributed by atoms with Crippen molar-refractivity contribution < 1.29 is 9.53 Å². The van der Waals surface area contributed by atoms with Gasteiger partial charge in [0, 0.05) is 12.6 Å². The molecule has 0 bridgehead atoms. The highest BCUT2D eigenvalue weighted by atomic mass is 35.5. The Balaban J connectivity index is 0. The van der Waals surface area contributed by atoms with Crippen molar-refractivity contribution in [3.63, 3.8) is 0 Å². The first kappa shape index (κ1) is 17.4. The molecule has 0 unspecified atom stereocenters. The van der Waals surface area contributed by atoms with Crippen LogP contribution in [0.4, 0.5) is 0 Å². The van der Waals surface area contributed by atoms with Crippen molar-refractivity contribution >= 4 is 30.8 Å². The van der Waals surface area contributed by atoms with Gasteiger partial charge in [-0.1, -0.05) is 0 Å². The van der Waals surface area contributed by atoms with E-state index in [-0.39, 0.29) is 30.8 Å². The van der Waals surface area contributed by atoms with Gasteiger partial charge in [0.2, 0.25) is 0 Å². The first-order valence-corrected chi connectivity index (χ1v) is 4.77. The maximum absolute atomic E-state index is 10.8.